The van der Waals surface area contributed by atoms with Crippen LogP contribution in [0.25, 0.3) is 22.0 Å². The standard InChI is InChI=1S/C29H38F3N5O4S/c1-8-9-10-11-12-13-21-33-22(36-41-21)19-15-14-18(16-20(19)29(30,31)32)23-34-35-24(42-23)28(7)17-39-27(5,6)37(28)25(38)40-26(2,3)4/h14-16H,8-13,17H2,1-7H3. The normalized spacial score (nSPS) is 19.0. The Morgan fingerprint density at radius 1 is 1.10 bits per heavy atom. The molecule has 1 unspecified atom stereocenters. The number of aryl methyl sites for hydroxylation is 1. The van der Waals surface area contributed by atoms with Crippen LogP contribution in [0.15, 0.2) is 22.7 Å². The van der Waals surface area contributed by atoms with Gasteiger partial charge in [-0.1, -0.05) is 55.2 Å². The lowest BCUT2D eigenvalue weighted by Crippen LogP contribution is -2.54. The molecule has 2 aromatic heterocycles. The molecule has 0 radical (unpaired) electrons. The Balaban J connectivity index is 1.62. The maximum absolute atomic E-state index is 14.2. The van der Waals surface area contributed by atoms with Gasteiger partial charge in [0.25, 0.3) is 0 Å². The van der Waals surface area contributed by atoms with E-state index < -0.39 is 34.7 Å². The van der Waals surface area contributed by atoms with E-state index in [4.69, 9.17) is 14.0 Å². The van der Waals surface area contributed by atoms with Crippen molar-refractivity contribution < 1.29 is 32.0 Å². The van der Waals surface area contributed by atoms with Crippen molar-refractivity contribution >= 4 is 17.4 Å². The van der Waals surface area contributed by atoms with Crippen LogP contribution in [0.2, 0.25) is 0 Å². The number of halogens is 3. The largest absolute Gasteiger partial charge is 0.444 e. The Labute approximate surface area is 247 Å². The van der Waals surface area contributed by atoms with Crippen LogP contribution in [-0.4, -0.2) is 49.3 Å². The topological polar surface area (TPSA) is 103 Å². The van der Waals surface area contributed by atoms with E-state index in [0.29, 0.717) is 17.3 Å². The summed E-state index contributed by atoms with van der Waals surface area (Å²) in [6, 6.07) is 3.87. The average molecular weight is 610 g/mol. The van der Waals surface area contributed by atoms with Crippen molar-refractivity contribution in [1.29, 1.82) is 0 Å². The molecule has 3 heterocycles. The van der Waals surface area contributed by atoms with Crippen LogP contribution >= 0.6 is 11.3 Å². The first-order valence-electron chi connectivity index (χ1n) is 14.1. The van der Waals surface area contributed by atoms with E-state index in [2.05, 4.69) is 27.3 Å². The van der Waals surface area contributed by atoms with E-state index in [-0.39, 0.29) is 28.6 Å². The number of nitrogens with zero attached hydrogens (tertiary/aromatic N) is 5. The quantitative estimate of drug-likeness (QED) is 0.225. The second-order valence-corrected chi connectivity index (χ2v) is 13.1. The molecule has 0 spiro atoms. The number of carbonyl (C=O) groups is 1. The predicted octanol–water partition coefficient (Wildman–Crippen LogP) is 8.01. The summed E-state index contributed by atoms with van der Waals surface area (Å²) in [6.07, 6.45) is 0.428. The minimum absolute atomic E-state index is 0.110. The third kappa shape index (κ3) is 6.94. The molecule has 1 amide bonds. The van der Waals surface area contributed by atoms with Crippen molar-refractivity contribution in [3.05, 3.63) is 34.7 Å². The summed E-state index contributed by atoms with van der Waals surface area (Å²) in [6.45, 7) is 12.8. The lowest BCUT2D eigenvalue weighted by molar-refractivity contribution is -0.137. The molecule has 0 N–H and O–H groups in total. The van der Waals surface area contributed by atoms with Crippen LogP contribution in [0.5, 0.6) is 0 Å². The van der Waals surface area contributed by atoms with Crippen LogP contribution in [0.3, 0.4) is 0 Å². The van der Waals surface area contributed by atoms with Gasteiger partial charge in [0.2, 0.25) is 11.7 Å². The number of unbranched alkanes of at least 4 members (excludes halogenated alkanes) is 4. The molecule has 1 aromatic carbocycles. The summed E-state index contributed by atoms with van der Waals surface area (Å²) in [7, 11) is 0. The molecule has 3 aromatic rings. The van der Waals surface area contributed by atoms with Crippen LogP contribution in [0.1, 0.15) is 97.0 Å². The van der Waals surface area contributed by atoms with Gasteiger partial charge < -0.3 is 14.0 Å². The Hall–Kier alpha value is -3.06. The first kappa shape index (κ1) is 31.9. The second kappa shape index (κ2) is 11.9. The van der Waals surface area contributed by atoms with Crippen LogP contribution < -0.4 is 0 Å². The van der Waals surface area contributed by atoms with E-state index in [9.17, 15) is 18.0 Å². The van der Waals surface area contributed by atoms with E-state index in [1.54, 1.807) is 41.5 Å². The molecular formula is C29H38F3N5O4S. The number of ether oxygens (including phenoxy) is 2. The Morgan fingerprint density at radius 3 is 2.48 bits per heavy atom. The first-order chi connectivity index (χ1) is 19.5. The van der Waals surface area contributed by atoms with Gasteiger partial charge in [-0.2, -0.15) is 18.2 Å². The second-order valence-electron chi connectivity index (χ2n) is 12.2. The summed E-state index contributed by atoms with van der Waals surface area (Å²) < 4.78 is 59.5. The molecule has 1 atom stereocenters. The Morgan fingerprint density at radius 2 is 1.81 bits per heavy atom. The molecule has 1 aliphatic rings. The van der Waals surface area contributed by atoms with Gasteiger partial charge >= 0.3 is 12.3 Å². The molecule has 0 saturated carbocycles. The van der Waals surface area contributed by atoms with Gasteiger partial charge in [0.15, 0.2) is 0 Å². The van der Waals surface area contributed by atoms with Crippen molar-refractivity contribution in [3.8, 4) is 22.0 Å². The highest BCUT2D eigenvalue weighted by atomic mass is 32.1. The highest BCUT2D eigenvalue weighted by Gasteiger charge is 2.55. The third-order valence-electron chi connectivity index (χ3n) is 6.98. The summed E-state index contributed by atoms with van der Waals surface area (Å²) in [5.41, 5.74) is -3.66. The third-order valence-corrected chi connectivity index (χ3v) is 8.20. The van der Waals surface area contributed by atoms with E-state index >= 15 is 0 Å². The summed E-state index contributed by atoms with van der Waals surface area (Å²) in [5.74, 6) is 0.207. The number of hydrogen-bond acceptors (Lipinski definition) is 9. The number of benzene rings is 1. The molecule has 4 rings (SSSR count). The average Bonchev–Trinajstić information content (AvgIpc) is 3.61. The zero-order valence-electron chi connectivity index (χ0n) is 25.1. The van der Waals surface area contributed by atoms with E-state index in [1.807, 2.05) is 0 Å². The van der Waals surface area contributed by atoms with Gasteiger partial charge in [0.1, 0.15) is 26.9 Å². The molecule has 42 heavy (non-hydrogen) atoms. The van der Waals surface area contributed by atoms with E-state index in [0.717, 1.165) is 49.5 Å². The van der Waals surface area contributed by atoms with Crippen molar-refractivity contribution in [2.24, 2.45) is 0 Å². The fraction of sp³-hybridized carbons (Fsp3) is 0.621. The molecule has 1 fully saturated rings. The van der Waals surface area contributed by atoms with Crippen molar-refractivity contribution in [3.63, 3.8) is 0 Å². The maximum Gasteiger partial charge on any atom is 0.417 e. The highest BCUT2D eigenvalue weighted by Crippen LogP contribution is 2.45. The minimum Gasteiger partial charge on any atom is -0.444 e. The molecule has 0 aliphatic carbocycles. The molecule has 230 valence electrons. The lowest BCUT2D eigenvalue weighted by atomic mass is 10.0. The zero-order chi connectivity index (χ0) is 30.9. The molecule has 1 aliphatic heterocycles. The highest BCUT2D eigenvalue weighted by molar-refractivity contribution is 7.14. The monoisotopic (exact) mass is 609 g/mol. The number of rotatable bonds is 9. The summed E-state index contributed by atoms with van der Waals surface area (Å²) in [5, 5.41) is 13.0. The lowest BCUT2D eigenvalue weighted by Gasteiger charge is -2.39. The van der Waals surface area contributed by atoms with Crippen molar-refractivity contribution in [2.75, 3.05) is 6.61 Å². The smallest absolute Gasteiger partial charge is 0.417 e. The van der Waals surface area contributed by atoms with Gasteiger partial charge in [-0.05, 0) is 60.1 Å². The summed E-state index contributed by atoms with van der Waals surface area (Å²) in [4.78, 5) is 18.9. The zero-order valence-corrected chi connectivity index (χ0v) is 25.9. The fourth-order valence-corrected chi connectivity index (χ4v) is 5.90. The van der Waals surface area contributed by atoms with Crippen molar-refractivity contribution in [2.45, 2.75) is 110 Å². The van der Waals surface area contributed by atoms with E-state index in [1.165, 1.54) is 17.0 Å². The molecule has 9 nitrogen and oxygen atoms in total. The van der Waals surface area contributed by atoms with Gasteiger partial charge in [-0.15, -0.1) is 10.2 Å². The number of carbonyl (C=O) groups excluding carboxylic acids is 1. The number of alkyl halides is 3. The molecule has 0 bridgehead atoms. The predicted molar refractivity (Wildman–Crippen MR) is 152 cm³/mol. The van der Waals surface area contributed by atoms with Crippen molar-refractivity contribution in [1.82, 2.24) is 25.2 Å². The SMILES string of the molecule is CCCCCCCc1nc(-c2ccc(-c3nnc(C4(C)COC(C)(C)N4C(=O)OC(C)(C)C)s3)cc2C(F)(F)F)no1. The van der Waals surface area contributed by atoms with Crippen LogP contribution in [-0.2, 0) is 27.6 Å². The fourth-order valence-electron chi connectivity index (χ4n) is 4.94. The van der Waals surface area contributed by atoms with Gasteiger partial charge in [0, 0.05) is 17.5 Å². The van der Waals surface area contributed by atoms with Gasteiger partial charge in [-0.25, -0.2) is 4.79 Å². The number of hydrogen-bond donors (Lipinski definition) is 0. The van der Waals surface area contributed by atoms with Gasteiger partial charge in [-0.3, -0.25) is 4.90 Å². The first-order valence-corrected chi connectivity index (χ1v) is 14.9. The van der Waals surface area contributed by atoms with Gasteiger partial charge in [0.05, 0.1) is 12.2 Å². The molecule has 13 heteroatoms. The number of aromatic nitrogens is 4. The Bertz CT molecular complexity index is 1400. The Kier molecular flexibility index (Phi) is 9.03. The molecule has 1 saturated heterocycles. The van der Waals surface area contributed by atoms with Crippen LogP contribution in [0, 0.1) is 0 Å². The molecular weight excluding hydrogens is 571 g/mol. The van der Waals surface area contributed by atoms with Crippen LogP contribution in [0.4, 0.5) is 18.0 Å². The number of amides is 1. The minimum atomic E-state index is -4.68. The summed E-state index contributed by atoms with van der Waals surface area (Å²) >= 11 is 1.09. The maximum atomic E-state index is 14.2.